The smallest absolute Gasteiger partial charge is 0.0573 e. The van der Waals surface area contributed by atoms with Gasteiger partial charge in [-0.3, -0.25) is 0 Å². The first-order valence-electron chi connectivity index (χ1n) is 8.93. The molecule has 0 amide bonds. The van der Waals surface area contributed by atoms with E-state index >= 15 is 0 Å². The minimum absolute atomic E-state index is 0.103. The summed E-state index contributed by atoms with van der Waals surface area (Å²) in [7, 11) is 0. The molecule has 2 fully saturated rings. The van der Waals surface area contributed by atoms with E-state index in [0.29, 0.717) is 35.5 Å². The molecule has 22 heavy (non-hydrogen) atoms. The first-order valence-corrected chi connectivity index (χ1v) is 8.93. The molecule has 2 saturated carbocycles. The van der Waals surface area contributed by atoms with Crippen LogP contribution in [0.4, 0.5) is 0 Å². The molecular formula is C20H36O2. The van der Waals surface area contributed by atoms with E-state index in [0.717, 1.165) is 19.3 Å². The minimum Gasteiger partial charge on any atom is -0.393 e. The number of aliphatic hydroxyl groups excluding tert-OH is 2. The maximum absolute atomic E-state index is 9.60. The van der Waals surface area contributed by atoms with Gasteiger partial charge in [-0.2, -0.15) is 0 Å². The van der Waals surface area contributed by atoms with Crippen LogP contribution < -0.4 is 0 Å². The van der Waals surface area contributed by atoms with Gasteiger partial charge in [-0.1, -0.05) is 39.8 Å². The Morgan fingerprint density at radius 1 is 0.818 bits per heavy atom. The van der Waals surface area contributed by atoms with E-state index in [9.17, 15) is 10.2 Å². The molecule has 2 N–H and O–H groups in total. The monoisotopic (exact) mass is 308 g/mol. The molecule has 0 aromatic carbocycles. The molecule has 0 aromatic rings. The van der Waals surface area contributed by atoms with Gasteiger partial charge in [-0.15, -0.1) is 13.2 Å². The third-order valence-corrected chi connectivity index (χ3v) is 5.96. The Hall–Kier alpha value is -0.600. The predicted octanol–water partition coefficient (Wildman–Crippen LogP) is 4.43. The van der Waals surface area contributed by atoms with Crippen LogP contribution in [0.5, 0.6) is 0 Å². The maximum Gasteiger partial charge on any atom is 0.0573 e. The fourth-order valence-electron chi connectivity index (χ4n) is 4.11. The van der Waals surface area contributed by atoms with Crippen molar-refractivity contribution in [2.75, 3.05) is 0 Å². The van der Waals surface area contributed by atoms with Crippen LogP contribution in [0.1, 0.15) is 53.4 Å². The lowest BCUT2D eigenvalue weighted by Gasteiger charge is -2.36. The molecule has 0 aromatic heterocycles. The lowest BCUT2D eigenvalue weighted by Crippen LogP contribution is -2.33. The van der Waals surface area contributed by atoms with E-state index in [1.165, 1.54) is 6.42 Å². The van der Waals surface area contributed by atoms with E-state index < -0.39 is 0 Å². The van der Waals surface area contributed by atoms with Crippen LogP contribution in [0.3, 0.4) is 0 Å². The zero-order valence-electron chi connectivity index (χ0n) is 14.9. The topological polar surface area (TPSA) is 40.5 Å². The van der Waals surface area contributed by atoms with Crippen molar-refractivity contribution in [2.45, 2.75) is 65.6 Å². The molecule has 2 heteroatoms. The van der Waals surface area contributed by atoms with Crippen molar-refractivity contribution >= 4 is 0 Å². The standard InChI is InChI=1S/2C10H18O/c1-4-9-5-7(2)6-10(11)8(9)3;1-4-9-7(2)5-6-10(11)8(9)3/h2*4,7-11H,1,5-6H2,2-3H3. The van der Waals surface area contributed by atoms with Gasteiger partial charge < -0.3 is 10.2 Å². The van der Waals surface area contributed by atoms with Gasteiger partial charge in [0.25, 0.3) is 0 Å². The van der Waals surface area contributed by atoms with Crippen LogP contribution >= 0.6 is 0 Å². The summed E-state index contributed by atoms with van der Waals surface area (Å²) in [5.41, 5.74) is 0. The summed E-state index contributed by atoms with van der Waals surface area (Å²) < 4.78 is 0. The Kier molecular flexibility index (Phi) is 7.85. The van der Waals surface area contributed by atoms with Crippen molar-refractivity contribution in [3.05, 3.63) is 25.3 Å². The van der Waals surface area contributed by atoms with E-state index in [1.807, 2.05) is 12.2 Å². The number of rotatable bonds is 2. The van der Waals surface area contributed by atoms with Crippen LogP contribution in [0, 0.1) is 35.5 Å². The predicted molar refractivity (Wildman–Crippen MR) is 94.5 cm³/mol. The Morgan fingerprint density at radius 3 is 1.95 bits per heavy atom. The largest absolute Gasteiger partial charge is 0.393 e. The van der Waals surface area contributed by atoms with E-state index in [-0.39, 0.29) is 12.2 Å². The molecule has 0 aliphatic heterocycles. The summed E-state index contributed by atoms with van der Waals surface area (Å²) in [6.07, 6.45) is 8.04. The van der Waals surface area contributed by atoms with Crippen molar-refractivity contribution in [3.63, 3.8) is 0 Å². The molecule has 0 saturated heterocycles. The summed E-state index contributed by atoms with van der Waals surface area (Å²) in [6, 6.07) is 0. The maximum atomic E-state index is 9.60. The highest BCUT2D eigenvalue weighted by Gasteiger charge is 2.31. The van der Waals surface area contributed by atoms with Gasteiger partial charge in [0.15, 0.2) is 0 Å². The first kappa shape index (κ1) is 19.4. The van der Waals surface area contributed by atoms with Gasteiger partial charge >= 0.3 is 0 Å². The lowest BCUT2D eigenvalue weighted by molar-refractivity contribution is 0.0336. The van der Waals surface area contributed by atoms with Crippen molar-refractivity contribution < 1.29 is 10.2 Å². The Labute approximate surface area is 137 Å². The average Bonchev–Trinajstić information content (AvgIpc) is 2.48. The second kappa shape index (κ2) is 8.88. The molecule has 8 atom stereocenters. The van der Waals surface area contributed by atoms with Crippen LogP contribution in [-0.4, -0.2) is 22.4 Å². The average molecular weight is 309 g/mol. The van der Waals surface area contributed by atoms with Gasteiger partial charge in [0, 0.05) is 0 Å². The molecule has 2 nitrogen and oxygen atoms in total. The fraction of sp³-hybridized carbons (Fsp3) is 0.800. The van der Waals surface area contributed by atoms with Crippen molar-refractivity contribution in [1.82, 2.24) is 0 Å². The molecule has 2 aliphatic rings. The Bertz CT molecular complexity index is 352. The number of aliphatic hydroxyl groups is 2. The third kappa shape index (κ3) is 4.96. The SMILES string of the molecule is C=CC1C(C)CCC(O)C1C.C=CC1CC(C)CC(O)C1C. The van der Waals surface area contributed by atoms with Crippen LogP contribution in [0.25, 0.3) is 0 Å². The summed E-state index contributed by atoms with van der Waals surface area (Å²) in [6.45, 7) is 16.3. The fourth-order valence-corrected chi connectivity index (χ4v) is 4.11. The van der Waals surface area contributed by atoms with Gasteiger partial charge in [0.05, 0.1) is 12.2 Å². The van der Waals surface area contributed by atoms with E-state index in [4.69, 9.17) is 0 Å². The Balaban J connectivity index is 0.000000220. The molecule has 0 heterocycles. The summed E-state index contributed by atoms with van der Waals surface area (Å²) in [5, 5.41) is 19.2. The molecule has 2 aliphatic carbocycles. The highest BCUT2D eigenvalue weighted by atomic mass is 16.3. The van der Waals surface area contributed by atoms with Gasteiger partial charge in [0.2, 0.25) is 0 Å². The van der Waals surface area contributed by atoms with Gasteiger partial charge in [0.1, 0.15) is 0 Å². The van der Waals surface area contributed by atoms with Crippen molar-refractivity contribution in [3.8, 4) is 0 Å². The molecule has 2 rings (SSSR count). The lowest BCUT2D eigenvalue weighted by atomic mass is 9.72. The summed E-state index contributed by atoms with van der Waals surface area (Å²) in [5.74, 6) is 3.20. The first-order chi connectivity index (χ1) is 10.3. The normalized spacial score (nSPS) is 45.4. The molecule has 8 unspecified atom stereocenters. The third-order valence-electron chi connectivity index (χ3n) is 5.96. The second-order valence-corrected chi connectivity index (χ2v) is 7.70. The zero-order chi connectivity index (χ0) is 16.9. The minimum atomic E-state index is -0.109. The summed E-state index contributed by atoms with van der Waals surface area (Å²) >= 11 is 0. The van der Waals surface area contributed by atoms with Crippen LogP contribution in [0.2, 0.25) is 0 Å². The summed E-state index contributed by atoms with van der Waals surface area (Å²) in [4.78, 5) is 0. The second-order valence-electron chi connectivity index (χ2n) is 7.70. The van der Waals surface area contributed by atoms with E-state index in [1.54, 1.807) is 0 Å². The zero-order valence-corrected chi connectivity index (χ0v) is 14.9. The number of allylic oxidation sites excluding steroid dienone is 2. The Morgan fingerprint density at radius 2 is 1.45 bits per heavy atom. The highest BCUT2D eigenvalue weighted by Crippen LogP contribution is 2.35. The van der Waals surface area contributed by atoms with Crippen molar-refractivity contribution in [2.24, 2.45) is 35.5 Å². The van der Waals surface area contributed by atoms with E-state index in [2.05, 4.69) is 40.9 Å². The van der Waals surface area contributed by atoms with Gasteiger partial charge in [-0.25, -0.2) is 0 Å². The number of hydrogen-bond acceptors (Lipinski definition) is 2. The quantitative estimate of drug-likeness (QED) is 0.741. The van der Waals surface area contributed by atoms with Gasteiger partial charge in [-0.05, 0) is 61.2 Å². The highest BCUT2D eigenvalue weighted by molar-refractivity contribution is 4.93. The molecule has 0 bridgehead atoms. The van der Waals surface area contributed by atoms with Crippen molar-refractivity contribution in [1.29, 1.82) is 0 Å². The molecular weight excluding hydrogens is 272 g/mol. The molecule has 0 spiro atoms. The molecule has 0 radical (unpaired) electrons. The number of hydrogen-bond donors (Lipinski definition) is 2. The van der Waals surface area contributed by atoms with Crippen LogP contribution in [0.15, 0.2) is 25.3 Å². The molecule has 128 valence electrons. The van der Waals surface area contributed by atoms with Crippen LogP contribution in [-0.2, 0) is 0 Å².